The zero-order valence-corrected chi connectivity index (χ0v) is 15.9. The Morgan fingerprint density at radius 3 is 2.40 bits per heavy atom. The number of hydrogen-bond donors (Lipinski definition) is 1. The zero-order chi connectivity index (χ0) is 18.8. The minimum atomic E-state index is -3.63. The van der Waals surface area contributed by atoms with Crippen LogP contribution in [0.3, 0.4) is 0 Å². The standard InChI is InChI=1S/C16H19ClN4O3S/c1-20(2)14-8-7-11(25(23,24)21(3)4)10-13(14)19-16(22)12-6-5-9-18-15(12)17/h5-10H,1-4H3,(H,19,22). The number of anilines is 2. The Balaban J connectivity index is 2.48. The number of aromatic nitrogens is 1. The van der Waals surface area contributed by atoms with Crippen molar-refractivity contribution in [3.8, 4) is 0 Å². The average molecular weight is 383 g/mol. The molecule has 0 fully saturated rings. The van der Waals surface area contributed by atoms with Gasteiger partial charge in [0, 0.05) is 34.4 Å². The Bertz CT molecular complexity index is 898. The van der Waals surface area contributed by atoms with E-state index in [0.29, 0.717) is 11.4 Å². The predicted octanol–water partition coefficient (Wildman–Crippen LogP) is 2.30. The number of nitrogens with zero attached hydrogens (tertiary/aromatic N) is 3. The molecule has 1 heterocycles. The van der Waals surface area contributed by atoms with Gasteiger partial charge in [0.2, 0.25) is 10.0 Å². The van der Waals surface area contributed by atoms with E-state index in [1.165, 1.54) is 32.4 Å². The molecule has 2 rings (SSSR count). The Labute approximate surface area is 152 Å². The monoisotopic (exact) mass is 382 g/mol. The lowest BCUT2D eigenvalue weighted by Gasteiger charge is -2.20. The fourth-order valence-corrected chi connectivity index (χ4v) is 3.26. The van der Waals surface area contributed by atoms with E-state index in [-0.39, 0.29) is 15.6 Å². The highest BCUT2D eigenvalue weighted by Gasteiger charge is 2.21. The van der Waals surface area contributed by atoms with Crippen molar-refractivity contribution in [2.45, 2.75) is 4.90 Å². The highest BCUT2D eigenvalue weighted by molar-refractivity contribution is 7.89. The normalized spacial score (nSPS) is 11.4. The van der Waals surface area contributed by atoms with Crippen molar-refractivity contribution in [3.63, 3.8) is 0 Å². The minimum Gasteiger partial charge on any atom is -0.376 e. The summed E-state index contributed by atoms with van der Waals surface area (Å²) in [6.07, 6.45) is 1.48. The number of pyridine rings is 1. The summed E-state index contributed by atoms with van der Waals surface area (Å²) in [6.45, 7) is 0. The van der Waals surface area contributed by atoms with Crippen molar-refractivity contribution in [2.75, 3.05) is 38.4 Å². The molecular formula is C16H19ClN4O3S. The second-order valence-corrected chi connectivity index (χ2v) is 8.17. The Kier molecular flexibility index (Phi) is 5.66. The van der Waals surface area contributed by atoms with E-state index >= 15 is 0 Å². The topological polar surface area (TPSA) is 82.6 Å². The maximum absolute atomic E-state index is 12.5. The predicted molar refractivity (Wildman–Crippen MR) is 98.8 cm³/mol. The summed E-state index contributed by atoms with van der Waals surface area (Å²) in [5, 5.41) is 2.79. The van der Waals surface area contributed by atoms with Gasteiger partial charge in [-0.1, -0.05) is 11.6 Å². The third-order valence-corrected chi connectivity index (χ3v) is 5.59. The average Bonchev–Trinajstić information content (AvgIpc) is 2.54. The van der Waals surface area contributed by atoms with Gasteiger partial charge in [-0.3, -0.25) is 4.79 Å². The van der Waals surface area contributed by atoms with Gasteiger partial charge in [0.05, 0.1) is 21.8 Å². The lowest BCUT2D eigenvalue weighted by atomic mass is 10.2. The SMILES string of the molecule is CN(C)c1ccc(S(=O)(=O)N(C)C)cc1NC(=O)c1cccnc1Cl. The summed E-state index contributed by atoms with van der Waals surface area (Å²) in [5.74, 6) is -0.472. The van der Waals surface area contributed by atoms with E-state index in [0.717, 1.165) is 4.31 Å². The van der Waals surface area contributed by atoms with Gasteiger partial charge in [-0.05, 0) is 30.3 Å². The van der Waals surface area contributed by atoms with Crippen molar-refractivity contribution < 1.29 is 13.2 Å². The lowest BCUT2D eigenvalue weighted by Crippen LogP contribution is -2.23. The first-order chi connectivity index (χ1) is 11.6. The molecule has 0 atom stereocenters. The number of carbonyl (C=O) groups excluding carboxylic acids is 1. The van der Waals surface area contributed by atoms with Crippen LogP contribution < -0.4 is 10.2 Å². The summed E-state index contributed by atoms with van der Waals surface area (Å²) in [6, 6.07) is 7.70. The van der Waals surface area contributed by atoms with Crippen molar-refractivity contribution in [1.29, 1.82) is 0 Å². The molecule has 0 saturated carbocycles. The number of hydrogen-bond acceptors (Lipinski definition) is 5. The molecule has 0 spiro atoms. The first-order valence-corrected chi connectivity index (χ1v) is 9.12. The number of nitrogens with one attached hydrogen (secondary N) is 1. The summed E-state index contributed by atoms with van der Waals surface area (Å²) in [7, 11) is 2.86. The maximum Gasteiger partial charge on any atom is 0.258 e. The molecule has 134 valence electrons. The van der Waals surface area contributed by atoms with Gasteiger partial charge in [0.15, 0.2) is 0 Å². The molecule has 9 heteroatoms. The highest BCUT2D eigenvalue weighted by Crippen LogP contribution is 2.29. The zero-order valence-electron chi connectivity index (χ0n) is 14.3. The van der Waals surface area contributed by atoms with Crippen molar-refractivity contribution >= 4 is 38.9 Å². The van der Waals surface area contributed by atoms with Crippen LogP contribution in [0.25, 0.3) is 0 Å². The van der Waals surface area contributed by atoms with Crippen LogP contribution in [0, 0.1) is 0 Å². The van der Waals surface area contributed by atoms with Crippen molar-refractivity contribution in [1.82, 2.24) is 9.29 Å². The van der Waals surface area contributed by atoms with Crippen LogP contribution in [-0.2, 0) is 10.0 Å². The van der Waals surface area contributed by atoms with E-state index in [1.807, 2.05) is 0 Å². The molecule has 0 aliphatic heterocycles. The van der Waals surface area contributed by atoms with Crippen LogP contribution in [0.5, 0.6) is 0 Å². The molecule has 25 heavy (non-hydrogen) atoms. The van der Waals surface area contributed by atoms with Crippen molar-refractivity contribution in [3.05, 3.63) is 47.2 Å². The Morgan fingerprint density at radius 1 is 1.16 bits per heavy atom. The molecule has 0 aliphatic carbocycles. The van der Waals surface area contributed by atoms with Crippen molar-refractivity contribution in [2.24, 2.45) is 0 Å². The summed E-state index contributed by atoms with van der Waals surface area (Å²) in [5.41, 5.74) is 1.22. The molecule has 7 nitrogen and oxygen atoms in total. The molecule has 0 saturated heterocycles. The van der Waals surface area contributed by atoms with Crippen LogP contribution in [0.1, 0.15) is 10.4 Å². The molecule has 2 aromatic rings. The molecule has 1 N–H and O–H groups in total. The number of amides is 1. The van der Waals surface area contributed by atoms with Crippen LogP contribution in [0.4, 0.5) is 11.4 Å². The van der Waals surface area contributed by atoms with E-state index in [9.17, 15) is 13.2 Å². The van der Waals surface area contributed by atoms with E-state index < -0.39 is 15.9 Å². The molecule has 1 aromatic heterocycles. The fourth-order valence-electron chi connectivity index (χ4n) is 2.12. The molecule has 1 aromatic carbocycles. The Hall–Kier alpha value is -2.16. The number of halogens is 1. The third kappa shape index (κ3) is 4.09. The molecule has 0 bridgehead atoms. The largest absolute Gasteiger partial charge is 0.376 e. The summed E-state index contributed by atoms with van der Waals surface area (Å²) >= 11 is 5.95. The van der Waals surface area contributed by atoms with Gasteiger partial charge < -0.3 is 10.2 Å². The number of benzene rings is 1. The molecule has 0 radical (unpaired) electrons. The number of carbonyl (C=O) groups is 1. The van der Waals surface area contributed by atoms with Crippen LogP contribution in [0.2, 0.25) is 5.15 Å². The van der Waals surface area contributed by atoms with E-state index in [4.69, 9.17) is 11.6 Å². The third-order valence-electron chi connectivity index (χ3n) is 3.48. The molecule has 1 amide bonds. The number of rotatable bonds is 5. The maximum atomic E-state index is 12.5. The van der Waals surface area contributed by atoms with Gasteiger partial charge >= 0.3 is 0 Å². The molecule has 0 aliphatic rings. The smallest absolute Gasteiger partial charge is 0.258 e. The second-order valence-electron chi connectivity index (χ2n) is 5.66. The van der Waals surface area contributed by atoms with E-state index in [1.54, 1.807) is 37.2 Å². The van der Waals surface area contributed by atoms with Gasteiger partial charge in [-0.15, -0.1) is 0 Å². The minimum absolute atomic E-state index is 0.0727. The summed E-state index contributed by atoms with van der Waals surface area (Å²) < 4.78 is 25.8. The number of sulfonamides is 1. The molecule has 0 unspecified atom stereocenters. The Morgan fingerprint density at radius 2 is 1.84 bits per heavy atom. The highest BCUT2D eigenvalue weighted by atomic mass is 35.5. The first kappa shape index (κ1) is 19.2. The van der Waals surface area contributed by atoms with E-state index in [2.05, 4.69) is 10.3 Å². The van der Waals surface area contributed by atoms with Crippen LogP contribution in [-0.4, -0.2) is 51.8 Å². The molecular weight excluding hydrogens is 364 g/mol. The second kappa shape index (κ2) is 7.38. The van der Waals surface area contributed by atoms with Gasteiger partial charge in [-0.25, -0.2) is 17.7 Å². The lowest BCUT2D eigenvalue weighted by molar-refractivity contribution is 0.102. The van der Waals surface area contributed by atoms with Gasteiger partial charge in [0.25, 0.3) is 5.91 Å². The van der Waals surface area contributed by atoms with Gasteiger partial charge in [0.1, 0.15) is 5.15 Å². The first-order valence-electron chi connectivity index (χ1n) is 7.30. The fraction of sp³-hybridized carbons (Fsp3) is 0.250. The summed E-state index contributed by atoms with van der Waals surface area (Å²) in [4.78, 5) is 18.2. The quantitative estimate of drug-likeness (QED) is 0.802. The van der Waals surface area contributed by atoms with Crippen LogP contribution in [0.15, 0.2) is 41.4 Å². The van der Waals surface area contributed by atoms with Gasteiger partial charge in [-0.2, -0.15) is 0 Å². The van der Waals surface area contributed by atoms with Crippen LogP contribution >= 0.6 is 11.6 Å².